The summed E-state index contributed by atoms with van der Waals surface area (Å²) < 4.78 is 51.2. The average Bonchev–Trinajstić information content (AvgIpc) is 2.74. The lowest BCUT2D eigenvalue weighted by Gasteiger charge is -2.36. The minimum atomic E-state index is -3.85. The van der Waals surface area contributed by atoms with Gasteiger partial charge in [0.1, 0.15) is 22.2 Å². The fraction of sp³-hybridized carbons (Fsp3) is 0.400. The molecule has 0 unspecified atom stereocenters. The number of nitrogens with zero attached hydrogens (tertiary/aromatic N) is 2. The Morgan fingerprint density at radius 1 is 1.00 bits per heavy atom. The van der Waals surface area contributed by atoms with Crippen molar-refractivity contribution in [2.24, 2.45) is 0 Å². The largest absolute Gasteiger partial charge is 0.497 e. The molecule has 0 radical (unpaired) electrons. The van der Waals surface area contributed by atoms with Gasteiger partial charge in [0.05, 0.1) is 14.2 Å². The Morgan fingerprint density at radius 2 is 1.69 bits per heavy atom. The molecule has 1 fully saturated rings. The first-order valence-corrected chi connectivity index (χ1v) is 10.9. The average molecular weight is 424 g/mol. The molecule has 0 atom stereocenters. The van der Waals surface area contributed by atoms with E-state index < -0.39 is 15.8 Å². The molecule has 3 rings (SSSR count). The van der Waals surface area contributed by atoms with Crippen molar-refractivity contribution in [2.45, 2.75) is 4.90 Å². The first-order chi connectivity index (χ1) is 13.9. The Balaban J connectivity index is 1.50. The topological polar surface area (TPSA) is 71.1 Å². The van der Waals surface area contributed by atoms with Crippen LogP contribution in [0.2, 0.25) is 0 Å². The summed E-state index contributed by atoms with van der Waals surface area (Å²) >= 11 is 0. The van der Waals surface area contributed by atoms with Crippen molar-refractivity contribution in [1.29, 1.82) is 0 Å². The summed E-state index contributed by atoms with van der Waals surface area (Å²) in [6, 6.07) is 11.4. The highest BCUT2D eigenvalue weighted by Gasteiger charge is 2.21. The van der Waals surface area contributed by atoms with Gasteiger partial charge in [-0.15, -0.1) is 0 Å². The molecule has 158 valence electrons. The van der Waals surface area contributed by atoms with Crippen molar-refractivity contribution in [3.05, 3.63) is 48.3 Å². The summed E-state index contributed by atoms with van der Waals surface area (Å²) in [5.74, 6) is 0.322. The van der Waals surface area contributed by atoms with Crippen molar-refractivity contribution in [1.82, 2.24) is 9.62 Å². The highest BCUT2D eigenvalue weighted by molar-refractivity contribution is 7.89. The van der Waals surface area contributed by atoms with E-state index in [0.717, 1.165) is 43.7 Å². The van der Waals surface area contributed by atoms with Crippen LogP contribution in [0.5, 0.6) is 11.5 Å². The molecule has 0 bridgehead atoms. The van der Waals surface area contributed by atoms with Gasteiger partial charge in [-0.1, -0.05) is 0 Å². The molecule has 1 aliphatic heterocycles. The fourth-order valence-corrected chi connectivity index (χ4v) is 4.50. The second kappa shape index (κ2) is 9.43. The van der Waals surface area contributed by atoms with E-state index in [1.54, 1.807) is 7.11 Å². The van der Waals surface area contributed by atoms with Gasteiger partial charge in [-0.3, -0.25) is 4.90 Å². The molecule has 0 amide bonds. The lowest BCUT2D eigenvalue weighted by atomic mass is 10.2. The lowest BCUT2D eigenvalue weighted by Crippen LogP contribution is -2.48. The second-order valence-electron chi connectivity index (χ2n) is 6.72. The zero-order chi connectivity index (χ0) is 20.9. The summed E-state index contributed by atoms with van der Waals surface area (Å²) in [5, 5.41) is 0. The van der Waals surface area contributed by atoms with Crippen molar-refractivity contribution in [2.75, 3.05) is 58.4 Å². The van der Waals surface area contributed by atoms with Gasteiger partial charge in [0.25, 0.3) is 0 Å². The molecule has 1 saturated heterocycles. The van der Waals surface area contributed by atoms with Crippen LogP contribution in [-0.2, 0) is 10.0 Å². The van der Waals surface area contributed by atoms with Crippen molar-refractivity contribution in [3.8, 4) is 11.5 Å². The highest BCUT2D eigenvalue weighted by atomic mass is 32.2. The van der Waals surface area contributed by atoms with E-state index >= 15 is 0 Å². The van der Waals surface area contributed by atoms with Crippen LogP contribution in [0.1, 0.15) is 0 Å². The number of hydrogen-bond acceptors (Lipinski definition) is 6. The molecule has 1 heterocycles. The number of benzene rings is 2. The molecule has 2 aromatic carbocycles. The van der Waals surface area contributed by atoms with E-state index in [2.05, 4.69) is 14.5 Å². The van der Waals surface area contributed by atoms with Crippen LogP contribution >= 0.6 is 0 Å². The summed E-state index contributed by atoms with van der Waals surface area (Å²) in [7, 11) is -0.850. The van der Waals surface area contributed by atoms with Crippen molar-refractivity contribution < 1.29 is 22.3 Å². The Bertz CT molecular complexity index is 914. The number of nitrogens with one attached hydrogen (secondary N) is 1. The molecule has 0 aliphatic carbocycles. The summed E-state index contributed by atoms with van der Waals surface area (Å²) in [5.41, 5.74) is 1.14. The maximum atomic E-state index is 13.5. The maximum Gasteiger partial charge on any atom is 0.244 e. The minimum absolute atomic E-state index is 0.118. The summed E-state index contributed by atoms with van der Waals surface area (Å²) in [4.78, 5) is 4.30. The third kappa shape index (κ3) is 5.37. The number of ether oxygens (including phenoxy) is 2. The van der Waals surface area contributed by atoms with E-state index in [0.29, 0.717) is 6.54 Å². The van der Waals surface area contributed by atoms with E-state index in [4.69, 9.17) is 9.47 Å². The first-order valence-electron chi connectivity index (χ1n) is 9.37. The standard InChI is InChI=1S/C20H26FN3O4S/c1-27-18-6-4-17(5-7-18)24-13-11-23(12-14-24)10-9-22-29(25,26)20-15-16(21)3-8-19(20)28-2/h3-8,15,22H,9-14H2,1-2H3. The van der Waals surface area contributed by atoms with Crippen molar-refractivity contribution in [3.63, 3.8) is 0 Å². The van der Waals surface area contributed by atoms with Gasteiger partial charge >= 0.3 is 0 Å². The Morgan fingerprint density at radius 3 is 2.31 bits per heavy atom. The maximum absolute atomic E-state index is 13.5. The monoisotopic (exact) mass is 423 g/mol. The van der Waals surface area contributed by atoms with Gasteiger partial charge < -0.3 is 14.4 Å². The number of methoxy groups -OCH3 is 2. The summed E-state index contributed by atoms with van der Waals surface area (Å²) in [6.07, 6.45) is 0. The molecule has 0 spiro atoms. The van der Waals surface area contributed by atoms with Crippen LogP contribution in [-0.4, -0.2) is 66.8 Å². The van der Waals surface area contributed by atoms with Gasteiger partial charge in [-0.05, 0) is 42.5 Å². The Kier molecular flexibility index (Phi) is 6.94. The SMILES string of the molecule is COc1ccc(N2CCN(CCNS(=O)(=O)c3cc(F)ccc3OC)CC2)cc1. The number of anilines is 1. The van der Waals surface area contributed by atoms with Gasteiger partial charge in [0.15, 0.2) is 0 Å². The van der Waals surface area contributed by atoms with Crippen LogP contribution in [0.4, 0.5) is 10.1 Å². The lowest BCUT2D eigenvalue weighted by molar-refractivity contribution is 0.262. The summed E-state index contributed by atoms with van der Waals surface area (Å²) in [6.45, 7) is 4.19. The predicted octanol–water partition coefficient (Wildman–Crippen LogP) is 1.94. The molecule has 7 nitrogen and oxygen atoms in total. The molecular weight excluding hydrogens is 397 g/mol. The smallest absolute Gasteiger partial charge is 0.244 e. The molecule has 29 heavy (non-hydrogen) atoms. The second-order valence-corrected chi connectivity index (χ2v) is 8.46. The van der Waals surface area contributed by atoms with Crippen LogP contribution in [0, 0.1) is 5.82 Å². The molecule has 0 aromatic heterocycles. The normalized spacial score (nSPS) is 15.3. The Hall–Kier alpha value is -2.36. The zero-order valence-electron chi connectivity index (χ0n) is 16.6. The zero-order valence-corrected chi connectivity index (χ0v) is 17.4. The van der Waals surface area contributed by atoms with Crippen LogP contribution in [0.3, 0.4) is 0 Å². The number of rotatable bonds is 8. The number of hydrogen-bond donors (Lipinski definition) is 1. The molecular formula is C20H26FN3O4S. The van der Waals surface area contributed by atoms with Crippen LogP contribution < -0.4 is 19.1 Å². The minimum Gasteiger partial charge on any atom is -0.497 e. The van der Waals surface area contributed by atoms with E-state index in [1.807, 2.05) is 24.3 Å². The first kappa shape index (κ1) is 21.4. The van der Waals surface area contributed by atoms with E-state index in [1.165, 1.54) is 19.2 Å². The number of halogens is 1. The fourth-order valence-electron chi connectivity index (χ4n) is 3.30. The van der Waals surface area contributed by atoms with E-state index in [9.17, 15) is 12.8 Å². The van der Waals surface area contributed by atoms with Crippen LogP contribution in [0.15, 0.2) is 47.4 Å². The van der Waals surface area contributed by atoms with Crippen LogP contribution in [0.25, 0.3) is 0 Å². The molecule has 0 saturated carbocycles. The van der Waals surface area contributed by atoms with Gasteiger partial charge in [-0.25, -0.2) is 17.5 Å². The van der Waals surface area contributed by atoms with E-state index in [-0.39, 0.29) is 17.2 Å². The van der Waals surface area contributed by atoms with Gasteiger partial charge in [0.2, 0.25) is 10.0 Å². The Labute approximate surface area is 171 Å². The molecule has 9 heteroatoms. The van der Waals surface area contributed by atoms with Crippen molar-refractivity contribution >= 4 is 15.7 Å². The quantitative estimate of drug-likeness (QED) is 0.700. The molecule has 1 aliphatic rings. The highest BCUT2D eigenvalue weighted by Crippen LogP contribution is 2.24. The number of piperazine rings is 1. The molecule has 1 N–H and O–H groups in total. The van der Waals surface area contributed by atoms with Gasteiger partial charge in [0, 0.05) is 45.0 Å². The third-order valence-corrected chi connectivity index (χ3v) is 6.43. The predicted molar refractivity (Wildman–Crippen MR) is 110 cm³/mol. The third-order valence-electron chi connectivity index (χ3n) is 4.95. The molecule has 2 aromatic rings. The van der Waals surface area contributed by atoms with Gasteiger partial charge in [-0.2, -0.15) is 0 Å². The number of sulfonamides is 1.